The third-order valence-electron chi connectivity index (χ3n) is 7.10. The molecule has 0 aliphatic carbocycles. The van der Waals surface area contributed by atoms with E-state index in [1.54, 1.807) is 39.0 Å². The number of ketones is 1. The minimum atomic E-state index is -1.17. The Morgan fingerprint density at radius 3 is 2.51 bits per heavy atom. The van der Waals surface area contributed by atoms with Crippen molar-refractivity contribution in [1.82, 2.24) is 4.98 Å². The van der Waals surface area contributed by atoms with Crippen LogP contribution in [0.5, 0.6) is 11.5 Å². The molecule has 2 heterocycles. The van der Waals surface area contributed by atoms with E-state index in [1.807, 2.05) is 0 Å². The van der Waals surface area contributed by atoms with Crippen LogP contribution in [0, 0.1) is 19.7 Å². The molecule has 1 fully saturated rings. The lowest BCUT2D eigenvalue weighted by molar-refractivity contribution is -0.132. The van der Waals surface area contributed by atoms with Gasteiger partial charge in [0, 0.05) is 5.56 Å². The molecule has 0 saturated carbocycles. The summed E-state index contributed by atoms with van der Waals surface area (Å²) >= 11 is 0.901. The van der Waals surface area contributed by atoms with Crippen LogP contribution < -0.4 is 14.4 Å². The molecule has 228 valence electrons. The van der Waals surface area contributed by atoms with E-state index < -0.39 is 35.3 Å². The molecule has 11 heteroatoms. The van der Waals surface area contributed by atoms with Gasteiger partial charge in [0.1, 0.15) is 16.5 Å². The minimum absolute atomic E-state index is 0.0348. The first-order valence-electron chi connectivity index (χ1n) is 14.2. The molecule has 0 spiro atoms. The molecule has 1 aliphatic rings. The summed E-state index contributed by atoms with van der Waals surface area (Å²) in [6.45, 7) is 7.61. The first-order chi connectivity index (χ1) is 20.6. The molecular formula is C32H35FN2O7S. The molecule has 1 unspecified atom stereocenters. The van der Waals surface area contributed by atoms with E-state index >= 15 is 0 Å². The van der Waals surface area contributed by atoms with Crippen molar-refractivity contribution in [3.05, 3.63) is 75.0 Å². The van der Waals surface area contributed by atoms with E-state index in [9.17, 15) is 23.9 Å². The summed E-state index contributed by atoms with van der Waals surface area (Å²) in [4.78, 5) is 45.4. The number of aliphatic hydroxyl groups is 1. The number of rotatable bonds is 12. The number of anilines is 1. The standard InChI is InChI=1S/C32H35FN2O7S/c1-6-8-9-10-15-42-23-14-13-20(17-24(23)40-5)26-25(27(36)21-12-11-18(3)22(33)16-21)28(37)30(38)35(26)32-34-19(4)29(43-32)31(39)41-7-2/h11-14,16-17,26,36H,6-10,15H2,1-5H3. The average molecular weight is 611 g/mol. The fourth-order valence-electron chi connectivity index (χ4n) is 4.80. The van der Waals surface area contributed by atoms with Gasteiger partial charge in [-0.15, -0.1) is 0 Å². The predicted octanol–water partition coefficient (Wildman–Crippen LogP) is 6.67. The summed E-state index contributed by atoms with van der Waals surface area (Å²) in [6.07, 6.45) is 4.12. The van der Waals surface area contributed by atoms with Crippen LogP contribution in [-0.4, -0.2) is 48.1 Å². The Morgan fingerprint density at radius 1 is 1.07 bits per heavy atom. The van der Waals surface area contributed by atoms with E-state index in [0.717, 1.165) is 48.0 Å². The van der Waals surface area contributed by atoms with Crippen LogP contribution in [0.4, 0.5) is 9.52 Å². The highest BCUT2D eigenvalue weighted by Gasteiger charge is 2.48. The maximum atomic E-state index is 14.5. The molecule has 1 N–H and O–H groups in total. The van der Waals surface area contributed by atoms with E-state index in [4.69, 9.17) is 14.2 Å². The first kappa shape index (κ1) is 31.7. The van der Waals surface area contributed by atoms with Crippen LogP contribution in [0.2, 0.25) is 0 Å². The van der Waals surface area contributed by atoms with E-state index in [1.165, 1.54) is 19.2 Å². The zero-order valence-electron chi connectivity index (χ0n) is 24.9. The topological polar surface area (TPSA) is 115 Å². The summed E-state index contributed by atoms with van der Waals surface area (Å²) in [7, 11) is 1.48. The second kappa shape index (κ2) is 13.8. The Kier molecular flexibility index (Phi) is 10.2. The van der Waals surface area contributed by atoms with E-state index in [2.05, 4.69) is 11.9 Å². The number of benzene rings is 2. The molecule has 1 saturated heterocycles. The number of ether oxygens (including phenoxy) is 3. The molecule has 43 heavy (non-hydrogen) atoms. The van der Waals surface area contributed by atoms with Gasteiger partial charge in [-0.05, 0) is 56.5 Å². The van der Waals surface area contributed by atoms with Crippen LogP contribution in [0.1, 0.15) is 77.6 Å². The Labute approximate surface area is 253 Å². The van der Waals surface area contributed by atoms with Crippen molar-refractivity contribution >= 4 is 39.9 Å². The van der Waals surface area contributed by atoms with Crippen molar-refractivity contribution in [1.29, 1.82) is 0 Å². The summed E-state index contributed by atoms with van der Waals surface area (Å²) < 4.78 is 31.1. The fraction of sp³-hybridized carbons (Fsp3) is 0.375. The lowest BCUT2D eigenvalue weighted by Crippen LogP contribution is -2.29. The smallest absolute Gasteiger partial charge is 0.350 e. The van der Waals surface area contributed by atoms with Gasteiger partial charge >= 0.3 is 11.9 Å². The van der Waals surface area contributed by atoms with Crippen LogP contribution in [-0.2, 0) is 14.3 Å². The number of methoxy groups -OCH3 is 1. The number of esters is 1. The molecule has 1 aromatic heterocycles. The van der Waals surface area contributed by atoms with E-state index in [-0.39, 0.29) is 27.8 Å². The largest absolute Gasteiger partial charge is 0.507 e. The number of hydrogen-bond donors (Lipinski definition) is 1. The number of thiazole rings is 1. The van der Waals surface area contributed by atoms with Crippen molar-refractivity contribution in [2.45, 2.75) is 59.4 Å². The van der Waals surface area contributed by atoms with Gasteiger partial charge in [0.05, 0.1) is 37.6 Å². The lowest BCUT2D eigenvalue weighted by atomic mass is 9.94. The number of unbranched alkanes of at least 4 members (excludes halogenated alkanes) is 3. The molecule has 9 nitrogen and oxygen atoms in total. The first-order valence-corrected chi connectivity index (χ1v) is 15.0. The zero-order valence-corrected chi connectivity index (χ0v) is 25.7. The predicted molar refractivity (Wildman–Crippen MR) is 161 cm³/mol. The molecule has 2 aromatic carbocycles. The SMILES string of the molecule is CCCCCCOc1ccc(C2C(=C(O)c3ccc(C)c(F)c3)C(=O)C(=O)N2c2nc(C)c(C(=O)OCC)s2)cc1OC. The molecule has 4 rings (SSSR count). The number of carbonyl (C=O) groups excluding carboxylic acids is 3. The molecule has 0 bridgehead atoms. The van der Waals surface area contributed by atoms with Crippen LogP contribution in [0.25, 0.3) is 5.76 Å². The number of aryl methyl sites for hydroxylation is 2. The van der Waals surface area contributed by atoms with Crippen LogP contribution in [0.15, 0.2) is 42.0 Å². The Balaban J connectivity index is 1.85. The van der Waals surface area contributed by atoms with Gasteiger partial charge < -0.3 is 19.3 Å². The maximum absolute atomic E-state index is 14.5. The van der Waals surface area contributed by atoms with Crippen molar-refractivity contribution in [3.63, 3.8) is 0 Å². The second-order valence-corrected chi connectivity index (χ2v) is 11.1. The molecule has 1 amide bonds. The molecule has 0 radical (unpaired) electrons. The summed E-state index contributed by atoms with van der Waals surface area (Å²) in [6, 6.07) is 7.86. The molecule has 3 aromatic rings. The zero-order chi connectivity index (χ0) is 31.3. The Hall–Kier alpha value is -4.25. The van der Waals surface area contributed by atoms with Crippen molar-refractivity contribution in [2.75, 3.05) is 25.2 Å². The number of halogens is 1. The quantitative estimate of drug-likeness (QED) is 0.0795. The number of hydrogen-bond acceptors (Lipinski definition) is 9. The summed E-state index contributed by atoms with van der Waals surface area (Å²) in [5.41, 5.74) is 0.869. The maximum Gasteiger partial charge on any atom is 0.350 e. The molecule has 1 atom stereocenters. The van der Waals surface area contributed by atoms with Gasteiger partial charge in [-0.2, -0.15) is 0 Å². The van der Waals surface area contributed by atoms with Gasteiger partial charge in [0.2, 0.25) is 0 Å². The fourth-order valence-corrected chi connectivity index (χ4v) is 5.78. The van der Waals surface area contributed by atoms with Crippen LogP contribution in [0.3, 0.4) is 0 Å². The van der Waals surface area contributed by atoms with E-state index in [0.29, 0.717) is 34.9 Å². The monoisotopic (exact) mass is 610 g/mol. The summed E-state index contributed by atoms with van der Waals surface area (Å²) in [5.74, 6) is -2.82. The van der Waals surface area contributed by atoms with Gasteiger partial charge in [0.15, 0.2) is 16.6 Å². The lowest BCUT2D eigenvalue weighted by Gasteiger charge is -2.24. The number of aliphatic hydroxyl groups excluding tert-OH is 1. The van der Waals surface area contributed by atoms with Gasteiger partial charge in [0.25, 0.3) is 5.78 Å². The normalized spacial score (nSPS) is 16.0. The molecule has 1 aliphatic heterocycles. The highest BCUT2D eigenvalue weighted by molar-refractivity contribution is 7.17. The van der Waals surface area contributed by atoms with Gasteiger partial charge in [-0.25, -0.2) is 14.2 Å². The van der Waals surface area contributed by atoms with Crippen molar-refractivity contribution < 1.29 is 38.1 Å². The molecular weight excluding hydrogens is 575 g/mol. The van der Waals surface area contributed by atoms with Crippen LogP contribution >= 0.6 is 11.3 Å². The van der Waals surface area contributed by atoms with Crippen molar-refractivity contribution in [2.24, 2.45) is 0 Å². The highest BCUT2D eigenvalue weighted by Crippen LogP contribution is 2.45. The van der Waals surface area contributed by atoms with Gasteiger partial charge in [-0.1, -0.05) is 55.7 Å². The number of Topliss-reactive ketones (excluding diaryl/α,β-unsaturated/α-hetero) is 1. The number of nitrogens with zero attached hydrogens (tertiary/aromatic N) is 2. The summed E-state index contributed by atoms with van der Waals surface area (Å²) in [5, 5.41) is 11.4. The number of carbonyl (C=O) groups is 3. The minimum Gasteiger partial charge on any atom is -0.507 e. The van der Waals surface area contributed by atoms with Crippen molar-refractivity contribution in [3.8, 4) is 11.5 Å². The number of aromatic nitrogens is 1. The Bertz CT molecular complexity index is 1560. The second-order valence-electron chi connectivity index (χ2n) is 10.1. The Morgan fingerprint density at radius 2 is 1.84 bits per heavy atom. The third kappa shape index (κ3) is 6.56. The highest BCUT2D eigenvalue weighted by atomic mass is 32.1. The number of amides is 1. The third-order valence-corrected chi connectivity index (χ3v) is 8.24. The van der Waals surface area contributed by atoms with Gasteiger partial charge in [-0.3, -0.25) is 14.5 Å². The average Bonchev–Trinajstić information content (AvgIpc) is 3.50.